The van der Waals surface area contributed by atoms with Crippen molar-refractivity contribution in [3.05, 3.63) is 78.1 Å². The van der Waals surface area contributed by atoms with Crippen LogP contribution in [0, 0.1) is 0 Å². The molecule has 1 aromatic heterocycles. The topological polar surface area (TPSA) is 70.6 Å². The van der Waals surface area contributed by atoms with Crippen LogP contribution in [0.4, 0.5) is 11.6 Å². The number of anilines is 2. The number of piperazine rings is 1. The van der Waals surface area contributed by atoms with Crippen molar-refractivity contribution in [1.82, 2.24) is 14.9 Å². The summed E-state index contributed by atoms with van der Waals surface area (Å²) in [4.78, 5) is 25.7. The highest BCUT2D eigenvalue weighted by Gasteiger charge is 2.19. The van der Waals surface area contributed by atoms with E-state index in [-0.39, 0.29) is 5.91 Å². The lowest BCUT2D eigenvalue weighted by Gasteiger charge is -2.35. The van der Waals surface area contributed by atoms with E-state index in [1.807, 2.05) is 36.4 Å². The number of rotatable bonds is 8. The van der Waals surface area contributed by atoms with Crippen LogP contribution in [0.5, 0.6) is 5.75 Å². The van der Waals surface area contributed by atoms with Crippen LogP contribution in [0.25, 0.3) is 0 Å². The zero-order chi connectivity index (χ0) is 22.2. The molecule has 1 fully saturated rings. The fraction of sp³-hybridized carbons (Fsp3) is 0.320. The Balaban J connectivity index is 1.26. The van der Waals surface area contributed by atoms with E-state index in [2.05, 4.69) is 49.4 Å². The zero-order valence-corrected chi connectivity index (χ0v) is 18.4. The number of methoxy groups -OCH3 is 1. The molecule has 0 atom stereocenters. The van der Waals surface area contributed by atoms with Crippen LogP contribution >= 0.6 is 0 Å². The highest BCUT2D eigenvalue weighted by atomic mass is 16.5. The summed E-state index contributed by atoms with van der Waals surface area (Å²) in [7, 11) is 1.64. The summed E-state index contributed by atoms with van der Waals surface area (Å²) in [6, 6.07) is 20.2. The molecule has 2 aromatic carbocycles. The van der Waals surface area contributed by atoms with E-state index in [1.165, 1.54) is 11.9 Å². The predicted molar refractivity (Wildman–Crippen MR) is 126 cm³/mol. The van der Waals surface area contributed by atoms with E-state index in [4.69, 9.17) is 4.74 Å². The van der Waals surface area contributed by atoms with Crippen LogP contribution in [-0.4, -0.2) is 54.1 Å². The first-order chi connectivity index (χ1) is 15.7. The molecule has 1 saturated heterocycles. The number of aromatic nitrogens is 2. The number of hydrogen-bond donors (Lipinski definition) is 1. The maximum absolute atomic E-state index is 12.4. The molecule has 0 unspecified atom stereocenters. The molecule has 2 heterocycles. The number of aryl methyl sites for hydroxylation is 1. The summed E-state index contributed by atoms with van der Waals surface area (Å²) in [6.45, 7) is 4.71. The Labute approximate surface area is 189 Å². The fourth-order valence-electron chi connectivity index (χ4n) is 3.82. The number of nitrogens with zero attached hydrogens (tertiary/aromatic N) is 4. The number of benzene rings is 2. The second-order valence-electron chi connectivity index (χ2n) is 7.91. The molecule has 0 bridgehead atoms. The molecule has 4 rings (SSSR count). The normalized spacial score (nSPS) is 14.2. The van der Waals surface area contributed by atoms with E-state index in [9.17, 15) is 4.79 Å². The van der Waals surface area contributed by atoms with Crippen molar-refractivity contribution in [3.63, 3.8) is 0 Å². The summed E-state index contributed by atoms with van der Waals surface area (Å²) in [5.74, 6) is 2.15. The highest BCUT2D eigenvalue weighted by molar-refractivity contribution is 5.90. The first kappa shape index (κ1) is 21.8. The number of hydrogen-bond acceptors (Lipinski definition) is 6. The molecule has 0 spiro atoms. The minimum absolute atomic E-state index is 0.0573. The van der Waals surface area contributed by atoms with Crippen LogP contribution in [-0.2, 0) is 17.8 Å². The van der Waals surface area contributed by atoms with Crippen molar-refractivity contribution < 1.29 is 9.53 Å². The third kappa shape index (κ3) is 6.04. The standard InChI is InChI=1S/C25H29N5O2/c1-32-22-10-7-20(8-11-22)9-12-25(31)28-23-17-24(27-19-26-23)30-15-13-29(14-16-30)18-21-5-3-2-4-6-21/h2-8,10-11,17,19H,9,12-16,18H2,1H3,(H,26,27,28,31). The van der Waals surface area contributed by atoms with Gasteiger partial charge in [-0.25, -0.2) is 9.97 Å². The van der Waals surface area contributed by atoms with Crippen LogP contribution in [0.15, 0.2) is 67.0 Å². The second kappa shape index (κ2) is 10.7. The minimum atomic E-state index is -0.0573. The molecule has 1 aliphatic heterocycles. The van der Waals surface area contributed by atoms with Gasteiger partial charge in [0.1, 0.15) is 23.7 Å². The Bertz CT molecular complexity index is 1000. The predicted octanol–water partition coefficient (Wildman–Crippen LogP) is 3.38. The second-order valence-corrected chi connectivity index (χ2v) is 7.91. The third-order valence-corrected chi connectivity index (χ3v) is 5.67. The largest absolute Gasteiger partial charge is 0.497 e. The van der Waals surface area contributed by atoms with Gasteiger partial charge in [-0.1, -0.05) is 42.5 Å². The smallest absolute Gasteiger partial charge is 0.225 e. The molecule has 0 radical (unpaired) electrons. The maximum atomic E-state index is 12.4. The van der Waals surface area contributed by atoms with Crippen LogP contribution in [0.1, 0.15) is 17.5 Å². The average molecular weight is 432 g/mol. The highest BCUT2D eigenvalue weighted by Crippen LogP contribution is 2.18. The summed E-state index contributed by atoms with van der Waals surface area (Å²) in [5, 5.41) is 2.90. The van der Waals surface area contributed by atoms with E-state index in [0.29, 0.717) is 18.7 Å². The molecule has 0 aliphatic carbocycles. The number of amides is 1. The fourth-order valence-corrected chi connectivity index (χ4v) is 3.82. The van der Waals surface area contributed by atoms with Crippen molar-refractivity contribution in [2.75, 3.05) is 43.5 Å². The Kier molecular flexibility index (Phi) is 7.30. The van der Waals surface area contributed by atoms with Gasteiger partial charge in [-0.15, -0.1) is 0 Å². The number of nitrogens with one attached hydrogen (secondary N) is 1. The maximum Gasteiger partial charge on any atom is 0.225 e. The van der Waals surface area contributed by atoms with Crippen molar-refractivity contribution in [1.29, 1.82) is 0 Å². The lowest BCUT2D eigenvalue weighted by Crippen LogP contribution is -2.46. The van der Waals surface area contributed by atoms with Gasteiger partial charge in [-0.2, -0.15) is 0 Å². The van der Waals surface area contributed by atoms with Crippen molar-refractivity contribution in [2.45, 2.75) is 19.4 Å². The van der Waals surface area contributed by atoms with Gasteiger partial charge in [-0.05, 0) is 29.7 Å². The zero-order valence-electron chi connectivity index (χ0n) is 18.4. The average Bonchev–Trinajstić information content (AvgIpc) is 2.84. The Morgan fingerprint density at radius 2 is 1.72 bits per heavy atom. The van der Waals surface area contributed by atoms with Gasteiger partial charge in [0.2, 0.25) is 5.91 Å². The quantitative estimate of drug-likeness (QED) is 0.590. The summed E-state index contributed by atoms with van der Waals surface area (Å²) in [5.41, 5.74) is 2.43. The molecule has 166 valence electrons. The summed E-state index contributed by atoms with van der Waals surface area (Å²) >= 11 is 0. The molecular weight excluding hydrogens is 402 g/mol. The van der Waals surface area contributed by atoms with E-state index >= 15 is 0 Å². The van der Waals surface area contributed by atoms with Crippen LogP contribution in [0.3, 0.4) is 0 Å². The van der Waals surface area contributed by atoms with Gasteiger partial charge in [0.25, 0.3) is 0 Å². The first-order valence-electron chi connectivity index (χ1n) is 11.0. The number of carbonyl (C=O) groups is 1. The van der Waals surface area contributed by atoms with E-state index in [1.54, 1.807) is 7.11 Å². The van der Waals surface area contributed by atoms with Crippen molar-refractivity contribution in [3.8, 4) is 5.75 Å². The SMILES string of the molecule is COc1ccc(CCC(=O)Nc2cc(N3CCN(Cc4ccccc4)CC3)ncn2)cc1. The molecular formula is C25H29N5O2. The van der Waals surface area contributed by atoms with Crippen molar-refractivity contribution in [2.24, 2.45) is 0 Å². The first-order valence-corrected chi connectivity index (χ1v) is 11.0. The molecule has 1 N–H and O–H groups in total. The third-order valence-electron chi connectivity index (χ3n) is 5.67. The van der Waals surface area contributed by atoms with E-state index < -0.39 is 0 Å². The lowest BCUT2D eigenvalue weighted by molar-refractivity contribution is -0.116. The van der Waals surface area contributed by atoms with Crippen LogP contribution in [0.2, 0.25) is 0 Å². The van der Waals surface area contributed by atoms with Gasteiger partial charge in [-0.3, -0.25) is 9.69 Å². The van der Waals surface area contributed by atoms with Crippen molar-refractivity contribution >= 4 is 17.5 Å². The van der Waals surface area contributed by atoms with Gasteiger partial charge in [0.05, 0.1) is 7.11 Å². The molecule has 7 nitrogen and oxygen atoms in total. The van der Waals surface area contributed by atoms with Gasteiger partial charge in [0, 0.05) is 45.2 Å². The summed E-state index contributed by atoms with van der Waals surface area (Å²) < 4.78 is 5.17. The minimum Gasteiger partial charge on any atom is -0.497 e. The molecule has 32 heavy (non-hydrogen) atoms. The molecule has 1 amide bonds. The molecule has 1 aliphatic rings. The Hall–Kier alpha value is -3.45. The monoisotopic (exact) mass is 431 g/mol. The van der Waals surface area contributed by atoms with Crippen LogP contribution < -0.4 is 15.0 Å². The van der Waals surface area contributed by atoms with Gasteiger partial charge >= 0.3 is 0 Å². The Morgan fingerprint density at radius 3 is 2.44 bits per heavy atom. The van der Waals surface area contributed by atoms with E-state index in [0.717, 1.165) is 49.9 Å². The molecule has 0 saturated carbocycles. The molecule has 7 heteroatoms. The number of carbonyl (C=O) groups excluding carboxylic acids is 1. The molecule has 3 aromatic rings. The van der Waals surface area contributed by atoms with Gasteiger partial charge < -0.3 is 15.0 Å². The Morgan fingerprint density at radius 1 is 0.969 bits per heavy atom. The number of ether oxygens (including phenoxy) is 1. The lowest BCUT2D eigenvalue weighted by atomic mass is 10.1. The van der Waals surface area contributed by atoms with Gasteiger partial charge in [0.15, 0.2) is 0 Å². The summed E-state index contributed by atoms with van der Waals surface area (Å²) in [6.07, 6.45) is 2.58.